The molecule has 3 aromatic rings. The molecule has 0 bridgehead atoms. The number of fused-ring (bicyclic) bond motifs is 1. The average Bonchev–Trinajstić information content (AvgIpc) is 2.81. The minimum Gasteiger partial charge on any atom is -0.465 e. The number of nitrogens with one attached hydrogen (secondary N) is 2. The zero-order chi connectivity index (χ0) is 22.6. The molecule has 0 spiro atoms. The molecule has 1 saturated heterocycles. The van der Waals surface area contributed by atoms with Gasteiger partial charge in [0.2, 0.25) is 0 Å². The number of halogens is 1. The van der Waals surface area contributed by atoms with Crippen LogP contribution in [0.1, 0.15) is 18.4 Å². The van der Waals surface area contributed by atoms with Gasteiger partial charge in [-0.2, -0.15) is 0 Å². The van der Waals surface area contributed by atoms with Crippen molar-refractivity contribution < 1.29 is 24.1 Å². The lowest BCUT2D eigenvalue weighted by atomic mass is 9.79. The van der Waals surface area contributed by atoms with Gasteiger partial charge in [-0.1, -0.05) is 30.3 Å². The lowest BCUT2D eigenvalue weighted by Crippen LogP contribution is -2.52. The number of carboxylic acid groups (broad SMARTS) is 1. The number of amides is 1. The van der Waals surface area contributed by atoms with Crippen molar-refractivity contribution in [1.82, 2.24) is 15.6 Å². The van der Waals surface area contributed by atoms with Gasteiger partial charge in [-0.05, 0) is 36.6 Å². The van der Waals surface area contributed by atoms with Crippen molar-refractivity contribution >= 4 is 17.0 Å². The topological polar surface area (TPSA) is 104 Å². The van der Waals surface area contributed by atoms with Crippen LogP contribution in [-0.2, 0) is 10.3 Å². The second kappa shape index (κ2) is 9.60. The molecule has 2 atom stereocenters. The second-order valence-electron chi connectivity index (χ2n) is 7.90. The van der Waals surface area contributed by atoms with Gasteiger partial charge in [0.1, 0.15) is 17.5 Å². The van der Waals surface area contributed by atoms with Crippen LogP contribution in [0.5, 0.6) is 0 Å². The van der Waals surface area contributed by atoms with Crippen LogP contribution in [0.3, 0.4) is 0 Å². The molecule has 1 amide bonds. The largest absolute Gasteiger partial charge is 0.465 e. The van der Waals surface area contributed by atoms with Crippen molar-refractivity contribution in [3.05, 3.63) is 66.1 Å². The number of aromatic nitrogens is 1. The Hall–Kier alpha value is -3.07. The van der Waals surface area contributed by atoms with Gasteiger partial charge in [0, 0.05) is 42.3 Å². The maximum atomic E-state index is 15.2. The van der Waals surface area contributed by atoms with Crippen LogP contribution < -0.4 is 10.6 Å². The number of hydrogen-bond donors (Lipinski definition) is 4. The number of nitrogens with zero attached hydrogens (tertiary/aromatic N) is 1. The number of ether oxygens (including phenoxy) is 1. The van der Waals surface area contributed by atoms with E-state index < -0.39 is 23.6 Å². The zero-order valence-corrected chi connectivity index (χ0v) is 17.6. The van der Waals surface area contributed by atoms with Crippen LogP contribution in [-0.4, -0.2) is 53.6 Å². The van der Waals surface area contributed by atoms with E-state index in [1.807, 2.05) is 30.3 Å². The minimum atomic E-state index is -1.53. The third-order valence-corrected chi connectivity index (χ3v) is 5.83. The Kier molecular flexibility index (Phi) is 6.64. The van der Waals surface area contributed by atoms with Gasteiger partial charge in [0.15, 0.2) is 0 Å². The maximum Gasteiger partial charge on any atom is 0.404 e. The number of para-hydroxylation sites is 1. The van der Waals surface area contributed by atoms with Gasteiger partial charge in [0.05, 0.1) is 12.1 Å². The molecule has 0 aliphatic carbocycles. The van der Waals surface area contributed by atoms with Crippen LogP contribution in [0.15, 0.2) is 54.7 Å². The van der Waals surface area contributed by atoms with Crippen LogP contribution in [0.25, 0.3) is 22.0 Å². The van der Waals surface area contributed by atoms with E-state index in [0.717, 1.165) is 10.9 Å². The third-order valence-electron chi connectivity index (χ3n) is 5.83. The molecule has 4 N–H and O–H groups in total. The van der Waals surface area contributed by atoms with E-state index in [0.29, 0.717) is 37.2 Å². The molecular weight excluding hydrogens is 413 g/mol. The molecule has 2 heterocycles. The third kappa shape index (κ3) is 4.57. The fourth-order valence-corrected chi connectivity index (χ4v) is 4.28. The summed E-state index contributed by atoms with van der Waals surface area (Å²) in [6.07, 6.45) is 0.412. The molecule has 1 aromatic heterocycles. The highest BCUT2D eigenvalue weighted by atomic mass is 19.1. The molecule has 32 heavy (non-hydrogen) atoms. The molecule has 2 unspecified atom stereocenters. The molecule has 1 aliphatic heterocycles. The molecule has 7 nitrogen and oxygen atoms in total. The number of rotatable bonds is 7. The van der Waals surface area contributed by atoms with Gasteiger partial charge in [-0.25, -0.2) is 9.18 Å². The number of carbonyl (C=O) groups is 1. The van der Waals surface area contributed by atoms with Gasteiger partial charge < -0.3 is 25.6 Å². The Morgan fingerprint density at radius 1 is 1.28 bits per heavy atom. The molecule has 168 valence electrons. The molecule has 1 aliphatic rings. The van der Waals surface area contributed by atoms with E-state index >= 15 is 4.39 Å². The minimum absolute atomic E-state index is 0.167. The Morgan fingerprint density at radius 2 is 2.12 bits per heavy atom. The Labute approximate surface area is 185 Å². The Bertz CT molecular complexity index is 1100. The summed E-state index contributed by atoms with van der Waals surface area (Å²) in [5, 5.41) is 27.2. The number of hydrogen-bond acceptors (Lipinski definition) is 5. The normalized spacial score (nSPS) is 18.2. The highest BCUT2D eigenvalue weighted by Crippen LogP contribution is 2.40. The Morgan fingerprint density at radius 3 is 2.91 bits per heavy atom. The van der Waals surface area contributed by atoms with Crippen molar-refractivity contribution in [3.63, 3.8) is 0 Å². The summed E-state index contributed by atoms with van der Waals surface area (Å²) in [7, 11) is 0. The number of aliphatic hydroxyl groups is 1. The van der Waals surface area contributed by atoms with E-state index in [-0.39, 0.29) is 18.5 Å². The smallest absolute Gasteiger partial charge is 0.404 e. The molecular formula is C24H26FN3O4. The molecule has 1 fully saturated rings. The van der Waals surface area contributed by atoms with Crippen molar-refractivity contribution in [2.24, 2.45) is 0 Å². The summed E-state index contributed by atoms with van der Waals surface area (Å²) in [5.41, 5.74) is 0.496. The molecule has 0 saturated carbocycles. The summed E-state index contributed by atoms with van der Waals surface area (Å²) in [4.78, 5) is 15.3. The summed E-state index contributed by atoms with van der Waals surface area (Å²) < 4.78 is 21.1. The summed E-state index contributed by atoms with van der Waals surface area (Å²) in [6.45, 7) is 1.65. The summed E-state index contributed by atoms with van der Waals surface area (Å²) in [5.74, 6) is -0.467. The van der Waals surface area contributed by atoms with E-state index in [9.17, 15) is 9.90 Å². The van der Waals surface area contributed by atoms with Crippen molar-refractivity contribution in [1.29, 1.82) is 0 Å². The van der Waals surface area contributed by atoms with Gasteiger partial charge in [-0.15, -0.1) is 0 Å². The highest BCUT2D eigenvalue weighted by molar-refractivity contribution is 5.84. The molecule has 0 radical (unpaired) electrons. The second-order valence-corrected chi connectivity index (χ2v) is 7.90. The predicted octanol–water partition coefficient (Wildman–Crippen LogP) is 3.26. The van der Waals surface area contributed by atoms with Crippen LogP contribution >= 0.6 is 0 Å². The van der Waals surface area contributed by atoms with Gasteiger partial charge in [-0.3, -0.25) is 4.98 Å². The zero-order valence-electron chi connectivity index (χ0n) is 17.6. The van der Waals surface area contributed by atoms with E-state index in [1.165, 1.54) is 6.07 Å². The maximum absolute atomic E-state index is 15.2. The number of pyridine rings is 1. The standard InChI is InChI=1S/C24H26FN3O4/c25-19-7-3-6-18(22(19)17-13-16-5-1-2-8-20(16)28-14-17)24(31,9-4-10-27-23(29)30)21-15-26-11-12-32-21/h1-3,5-8,13-14,21,26-27,31H,4,9-12,15H2,(H,29,30). The predicted molar refractivity (Wildman–Crippen MR) is 119 cm³/mol. The van der Waals surface area contributed by atoms with Gasteiger partial charge >= 0.3 is 6.09 Å². The van der Waals surface area contributed by atoms with E-state index in [1.54, 1.807) is 18.3 Å². The monoisotopic (exact) mass is 439 g/mol. The number of benzene rings is 2. The fraction of sp³-hybridized carbons (Fsp3) is 0.333. The molecule has 8 heteroatoms. The van der Waals surface area contributed by atoms with E-state index in [4.69, 9.17) is 9.84 Å². The van der Waals surface area contributed by atoms with Crippen LogP contribution in [0, 0.1) is 5.82 Å². The first kappa shape index (κ1) is 22.1. The first-order valence-corrected chi connectivity index (χ1v) is 10.6. The first-order valence-electron chi connectivity index (χ1n) is 10.6. The van der Waals surface area contributed by atoms with Crippen LogP contribution in [0.2, 0.25) is 0 Å². The van der Waals surface area contributed by atoms with Crippen molar-refractivity contribution in [2.45, 2.75) is 24.5 Å². The lowest BCUT2D eigenvalue weighted by molar-refractivity contribution is -0.129. The summed E-state index contributed by atoms with van der Waals surface area (Å²) in [6, 6.07) is 14.1. The lowest BCUT2D eigenvalue weighted by Gasteiger charge is -2.40. The van der Waals surface area contributed by atoms with Gasteiger partial charge in [0.25, 0.3) is 0 Å². The molecule has 2 aromatic carbocycles. The van der Waals surface area contributed by atoms with Crippen LogP contribution in [0.4, 0.5) is 9.18 Å². The SMILES string of the molecule is O=C(O)NCCCC(O)(c1cccc(F)c1-c1cnc2ccccc2c1)C1CNCCO1. The van der Waals surface area contributed by atoms with Crippen molar-refractivity contribution in [2.75, 3.05) is 26.2 Å². The summed E-state index contributed by atoms with van der Waals surface area (Å²) >= 11 is 0. The highest BCUT2D eigenvalue weighted by Gasteiger charge is 2.42. The Balaban J connectivity index is 1.78. The van der Waals surface area contributed by atoms with E-state index in [2.05, 4.69) is 15.6 Å². The number of morpholine rings is 1. The average molecular weight is 439 g/mol. The quantitative estimate of drug-likeness (QED) is 0.422. The molecule has 4 rings (SSSR count). The fourth-order valence-electron chi connectivity index (χ4n) is 4.28. The first-order chi connectivity index (χ1) is 15.5. The van der Waals surface area contributed by atoms with Crippen molar-refractivity contribution in [3.8, 4) is 11.1 Å².